The van der Waals surface area contributed by atoms with Crippen LogP contribution in [0.4, 0.5) is 0 Å². The molecule has 0 aromatic heterocycles. The molecule has 0 atom stereocenters. The predicted molar refractivity (Wildman–Crippen MR) is 179 cm³/mol. The molecule has 0 aromatic rings. The number of hydrogen-bond acceptors (Lipinski definition) is 0. The Balaban J connectivity index is -0.000000000246. The van der Waals surface area contributed by atoms with E-state index in [9.17, 15) is 0 Å². The van der Waals surface area contributed by atoms with Gasteiger partial charge >= 0.3 is 0 Å². The molecule has 0 N–H and O–H groups in total. The molecule has 27 heteroatoms. The zero-order valence-corrected chi connectivity index (χ0v) is 20.1. The van der Waals surface area contributed by atoms with Crippen molar-refractivity contribution in [3.63, 3.8) is 0 Å². The van der Waals surface area contributed by atoms with Crippen LogP contribution in [0.15, 0.2) is 0 Å². The zero-order valence-electron chi connectivity index (χ0n) is 19.2. The smallest absolute Gasteiger partial charge is 0 e. The third-order valence-corrected chi connectivity index (χ3v) is 1.90. The molecule has 0 nitrogen and oxygen atoms in total. The molecule has 0 aromatic carbocycles. The van der Waals surface area contributed by atoms with E-state index in [1.165, 1.54) is 6.16 Å². The highest BCUT2D eigenvalue weighted by molar-refractivity contribution is 7.55. The molecule has 0 amide bonds. The van der Waals surface area contributed by atoms with E-state index in [0.29, 0.717) is 7.92 Å². The fourth-order valence-corrected chi connectivity index (χ4v) is 0. The maximum atomic E-state index is 2.29. The average Bonchev–Trinajstić information content (AvgIpc) is 1.38. The van der Waals surface area contributed by atoms with Crippen LogP contribution in [0.3, 0.4) is 0 Å². The van der Waals surface area contributed by atoms with Crippen LogP contribution < -0.4 is 0 Å². The van der Waals surface area contributed by atoms with Crippen molar-refractivity contribution in [3.8, 4) is 0 Å². The summed E-state index contributed by atoms with van der Waals surface area (Å²) in [5.41, 5.74) is 0. The lowest BCUT2D eigenvalue weighted by molar-refractivity contribution is 1.50. The summed E-state index contributed by atoms with van der Waals surface area (Å²) in [6.45, 7) is 6.80. The van der Waals surface area contributed by atoms with Crippen molar-refractivity contribution in [1.82, 2.24) is 0 Å². The van der Waals surface area contributed by atoms with Gasteiger partial charge in [0.25, 0.3) is 0 Å². The van der Waals surface area contributed by atoms with Gasteiger partial charge in [-0.3, -0.25) is 0 Å². The highest BCUT2D eigenvalue weighted by Gasteiger charge is 1.78. The highest BCUT2D eigenvalue weighted by atomic mass is 31.1. The molecule has 0 saturated heterocycles. The lowest BCUT2D eigenvalue weighted by Crippen LogP contribution is -1.65. The first kappa shape index (κ1) is 913. The molecule has 0 fully saturated rings. The molecule has 0 aliphatic rings. The Bertz CT molecular complexity index is 37.4. The molecule has 0 spiro atoms. The van der Waals surface area contributed by atoms with Crippen molar-refractivity contribution in [2.75, 3.05) is 19.5 Å². The molecular weight excluding hydrogens is 360 g/mol. The van der Waals surface area contributed by atoms with E-state index in [1.807, 2.05) is 0 Å². The van der Waals surface area contributed by atoms with Crippen molar-refractivity contribution >= 4 is 227 Å². The lowest BCUT2D eigenvalue weighted by Gasteiger charge is -1.92. The first-order valence-corrected chi connectivity index (χ1v) is 4.34. The van der Waals surface area contributed by atoms with E-state index in [4.69, 9.17) is 0 Å². The fourth-order valence-electron chi connectivity index (χ4n) is 0. The van der Waals surface area contributed by atoms with E-state index in [1.54, 1.807) is 0 Å². The van der Waals surface area contributed by atoms with E-state index in [2.05, 4.69) is 20.3 Å². The molecule has 31 heavy (non-hydrogen) atoms. The minimum absolute atomic E-state index is 0. The topological polar surface area (TPSA) is 0 Å². The standard InChI is InChI=1S/C4H11P.26B/c1-4-5(2)3;;;;;;;;;;;;;;;;;;;;;;;;;;/h4H2,1-3H3;;;;;;;;;;;;;;;;;;;;;;;;;;. The van der Waals surface area contributed by atoms with Gasteiger partial charge in [-0.05, 0) is 19.5 Å². The first-order valence-electron chi connectivity index (χ1n) is 1.92. The second kappa shape index (κ2) is 831. The maximum Gasteiger partial charge on any atom is 0 e. The van der Waals surface area contributed by atoms with Crippen molar-refractivity contribution < 1.29 is 0 Å². The molecule has 0 saturated carbocycles. The van der Waals surface area contributed by atoms with Crippen LogP contribution in [0.25, 0.3) is 0 Å². The first-order chi connectivity index (χ1) is 2.27. The summed E-state index contributed by atoms with van der Waals surface area (Å²) in [4.78, 5) is 0. The van der Waals surface area contributed by atoms with Crippen LogP contribution in [-0.4, -0.2) is 238 Å². The Hall–Kier alpha value is 2.12. The summed E-state index contributed by atoms with van der Waals surface area (Å²) in [5, 5.41) is 0. The van der Waals surface area contributed by atoms with Gasteiger partial charge in [0.2, 0.25) is 0 Å². The highest BCUT2D eigenvalue weighted by Crippen LogP contribution is 2.21. The van der Waals surface area contributed by atoms with Gasteiger partial charge in [-0.2, -0.15) is 0 Å². The zero-order chi connectivity index (χ0) is 4.28. The van der Waals surface area contributed by atoms with E-state index in [-0.39, 0.29) is 219 Å². The van der Waals surface area contributed by atoms with Crippen LogP contribution >= 0.6 is 7.92 Å². The Morgan fingerprint density at radius 1 is 0.258 bits per heavy atom. The van der Waals surface area contributed by atoms with Gasteiger partial charge < -0.3 is 0 Å². The van der Waals surface area contributed by atoms with Crippen LogP contribution in [-0.2, 0) is 0 Å². The summed E-state index contributed by atoms with van der Waals surface area (Å²) in [6, 6.07) is 0. The van der Waals surface area contributed by atoms with Gasteiger partial charge in [-0.15, -0.1) is 7.92 Å². The van der Waals surface area contributed by atoms with Gasteiger partial charge in [-0.25, -0.2) is 0 Å². The lowest BCUT2D eigenvalue weighted by atomic mass is 10.8. The molecule has 78 radical (unpaired) electrons. The van der Waals surface area contributed by atoms with Crippen molar-refractivity contribution in [2.24, 2.45) is 0 Å². The summed E-state index contributed by atoms with van der Waals surface area (Å²) < 4.78 is 0. The van der Waals surface area contributed by atoms with E-state index >= 15 is 0 Å². The van der Waals surface area contributed by atoms with E-state index in [0.717, 1.165) is 0 Å². The molecular formula is C4H11B26P. The van der Waals surface area contributed by atoms with Gasteiger partial charge in [-0.1, -0.05) is 6.92 Å². The van der Waals surface area contributed by atoms with Crippen molar-refractivity contribution in [3.05, 3.63) is 0 Å². The van der Waals surface area contributed by atoms with Crippen LogP contribution in [0.2, 0.25) is 0 Å². The maximum absolute atomic E-state index is 2.29. The molecule has 0 aliphatic carbocycles. The average molecular weight is 371 g/mol. The Morgan fingerprint density at radius 3 is 0.290 bits per heavy atom. The fraction of sp³-hybridized carbons (Fsp3) is 1.00. The second-order valence-corrected chi connectivity index (χ2v) is 4.19. The van der Waals surface area contributed by atoms with E-state index < -0.39 is 0 Å². The molecule has 0 bridgehead atoms. The van der Waals surface area contributed by atoms with Crippen molar-refractivity contribution in [2.45, 2.75) is 6.92 Å². The Labute approximate surface area is 252 Å². The molecule has 0 rings (SSSR count). The summed E-state index contributed by atoms with van der Waals surface area (Å²) >= 11 is 0. The van der Waals surface area contributed by atoms with Crippen LogP contribution in [0.5, 0.6) is 0 Å². The molecule has 0 aliphatic heterocycles. The normalized spacial score (nSPS) is 1.55. The predicted octanol–water partition coefficient (Wildman–Crippen LogP) is -8.15. The minimum atomic E-state index is 0. The number of hydrogen-bond donors (Lipinski definition) is 0. The summed E-state index contributed by atoms with van der Waals surface area (Å²) in [5.74, 6) is 0. The quantitative estimate of drug-likeness (QED) is 0.318. The van der Waals surface area contributed by atoms with Crippen LogP contribution in [0.1, 0.15) is 6.92 Å². The summed E-state index contributed by atoms with van der Waals surface area (Å²) in [7, 11) is 0.402. The van der Waals surface area contributed by atoms with Crippen molar-refractivity contribution in [1.29, 1.82) is 0 Å². The molecule has 0 unspecified atom stereocenters. The van der Waals surface area contributed by atoms with Gasteiger partial charge in [0.05, 0.1) is 0 Å². The largest absolute Gasteiger partial charge is 0.113 e. The summed E-state index contributed by atoms with van der Waals surface area (Å²) in [6.07, 6.45) is 1.37. The molecule has 0 heterocycles. The number of rotatable bonds is 1. The van der Waals surface area contributed by atoms with Crippen LogP contribution in [0, 0.1) is 0 Å². The Morgan fingerprint density at radius 2 is 0.290 bits per heavy atom. The molecule has 110 valence electrons. The SMILES string of the molecule is CCP(C)C.[B].[B].[B].[B].[B].[B].[B].[B].[B].[B].[B].[B].[B].[B].[B].[B].[B].[B].[B].[B].[B].[B].[B].[B].[B].[B]. The third kappa shape index (κ3) is 1720. The van der Waals surface area contributed by atoms with Gasteiger partial charge in [0.1, 0.15) is 0 Å². The minimum Gasteiger partial charge on any atom is -0.113 e. The van der Waals surface area contributed by atoms with Gasteiger partial charge in [0.15, 0.2) is 0 Å². The second-order valence-electron chi connectivity index (χ2n) is 1.40. The third-order valence-electron chi connectivity index (χ3n) is 0.632. The monoisotopic (exact) mass is 376 g/mol. The van der Waals surface area contributed by atoms with Gasteiger partial charge in [0, 0.05) is 219 Å². The Kier molecular flexibility index (Phi) is 24500.